The van der Waals surface area contributed by atoms with Crippen LogP contribution in [-0.2, 0) is 22.4 Å². The number of carboxylic acids is 1. The second kappa shape index (κ2) is 6.09. The van der Waals surface area contributed by atoms with E-state index in [2.05, 4.69) is 4.74 Å². The van der Waals surface area contributed by atoms with E-state index in [0.717, 1.165) is 0 Å². The molecule has 0 aromatic heterocycles. The summed E-state index contributed by atoms with van der Waals surface area (Å²) in [5.41, 5.74) is 0.655. The van der Waals surface area contributed by atoms with E-state index in [9.17, 15) is 18.4 Å². The highest BCUT2D eigenvalue weighted by atomic mass is 19.3. The zero-order chi connectivity index (χ0) is 13.7. The highest BCUT2D eigenvalue weighted by Crippen LogP contribution is 2.23. The van der Waals surface area contributed by atoms with Gasteiger partial charge in [-0.1, -0.05) is 12.1 Å². The molecule has 1 N–H and O–H groups in total. The molecule has 0 fully saturated rings. The Morgan fingerprint density at radius 3 is 2.50 bits per heavy atom. The number of hydrogen-bond donors (Lipinski definition) is 1. The van der Waals surface area contributed by atoms with Crippen LogP contribution in [0.3, 0.4) is 0 Å². The summed E-state index contributed by atoms with van der Waals surface area (Å²) in [6.45, 7) is -1.66. The Hall–Kier alpha value is -1.98. The topological polar surface area (TPSA) is 63.6 Å². The van der Waals surface area contributed by atoms with Crippen molar-refractivity contribution in [1.29, 1.82) is 0 Å². The van der Waals surface area contributed by atoms with Crippen LogP contribution in [0.15, 0.2) is 18.2 Å². The van der Waals surface area contributed by atoms with Crippen molar-refractivity contribution < 1.29 is 28.2 Å². The SMILES string of the molecule is CC(=O)Cc1ccc(CC(=O)O)c(OC(F)F)c1. The fraction of sp³-hybridized carbons (Fsp3) is 0.333. The average molecular weight is 258 g/mol. The Morgan fingerprint density at radius 1 is 1.33 bits per heavy atom. The number of Topliss-reactive ketones (excluding diaryl/α,β-unsaturated/α-hetero) is 1. The van der Waals surface area contributed by atoms with Crippen molar-refractivity contribution in [2.24, 2.45) is 0 Å². The summed E-state index contributed by atoms with van der Waals surface area (Å²) in [6.07, 6.45) is -0.324. The van der Waals surface area contributed by atoms with Crippen LogP contribution in [0, 0.1) is 0 Å². The largest absolute Gasteiger partial charge is 0.481 e. The molecule has 0 aliphatic heterocycles. The summed E-state index contributed by atoms with van der Waals surface area (Å²) in [5.74, 6) is -1.47. The number of carbonyl (C=O) groups excluding carboxylic acids is 1. The summed E-state index contributed by atoms with van der Waals surface area (Å²) in [7, 11) is 0. The van der Waals surface area contributed by atoms with Gasteiger partial charge < -0.3 is 9.84 Å². The normalized spacial score (nSPS) is 10.4. The van der Waals surface area contributed by atoms with Gasteiger partial charge in [0.1, 0.15) is 11.5 Å². The molecule has 0 amide bonds. The number of hydrogen-bond acceptors (Lipinski definition) is 3. The molecule has 0 aliphatic rings. The molecule has 0 atom stereocenters. The molecule has 1 rings (SSSR count). The van der Waals surface area contributed by atoms with Crippen molar-refractivity contribution in [1.82, 2.24) is 0 Å². The first-order valence-corrected chi connectivity index (χ1v) is 5.16. The molecule has 0 aliphatic carbocycles. The number of benzene rings is 1. The lowest BCUT2D eigenvalue weighted by Gasteiger charge is -2.11. The van der Waals surface area contributed by atoms with Crippen LogP contribution in [0.2, 0.25) is 0 Å². The van der Waals surface area contributed by atoms with Crippen LogP contribution in [0.4, 0.5) is 8.78 Å². The minimum atomic E-state index is -3.04. The van der Waals surface area contributed by atoms with Gasteiger partial charge in [-0.05, 0) is 18.6 Å². The van der Waals surface area contributed by atoms with Crippen molar-refractivity contribution >= 4 is 11.8 Å². The molecule has 6 heteroatoms. The van der Waals surface area contributed by atoms with Gasteiger partial charge in [-0.25, -0.2) is 0 Å². The maximum absolute atomic E-state index is 12.2. The van der Waals surface area contributed by atoms with Crippen molar-refractivity contribution in [2.75, 3.05) is 0 Å². The Morgan fingerprint density at radius 2 is 2.00 bits per heavy atom. The fourth-order valence-corrected chi connectivity index (χ4v) is 1.51. The number of rotatable bonds is 6. The van der Waals surface area contributed by atoms with E-state index in [1.807, 2.05) is 0 Å². The van der Waals surface area contributed by atoms with Crippen molar-refractivity contribution in [3.63, 3.8) is 0 Å². The molecular weight excluding hydrogens is 246 g/mol. The number of ether oxygens (including phenoxy) is 1. The third kappa shape index (κ3) is 4.48. The number of carboxylic acid groups (broad SMARTS) is 1. The van der Waals surface area contributed by atoms with Gasteiger partial charge in [0.25, 0.3) is 0 Å². The summed E-state index contributed by atoms with van der Waals surface area (Å²) in [6, 6.07) is 4.17. The lowest BCUT2D eigenvalue weighted by molar-refractivity contribution is -0.136. The Labute approximate surface area is 102 Å². The molecule has 0 spiro atoms. The van der Waals surface area contributed by atoms with Gasteiger partial charge in [-0.15, -0.1) is 0 Å². The third-order valence-corrected chi connectivity index (χ3v) is 2.14. The fourth-order valence-electron chi connectivity index (χ4n) is 1.51. The molecule has 1 aromatic carbocycles. The van der Waals surface area contributed by atoms with Crippen molar-refractivity contribution in [3.05, 3.63) is 29.3 Å². The van der Waals surface area contributed by atoms with Crippen LogP contribution in [-0.4, -0.2) is 23.5 Å². The first-order chi connectivity index (χ1) is 8.38. The lowest BCUT2D eigenvalue weighted by Crippen LogP contribution is -2.08. The molecule has 0 saturated carbocycles. The van der Waals surface area contributed by atoms with E-state index in [-0.39, 0.29) is 23.5 Å². The average Bonchev–Trinajstić information content (AvgIpc) is 2.19. The molecular formula is C12H12F2O4. The van der Waals surface area contributed by atoms with E-state index >= 15 is 0 Å². The summed E-state index contributed by atoms with van der Waals surface area (Å²) in [4.78, 5) is 21.5. The van der Waals surface area contributed by atoms with Crippen LogP contribution in [0.5, 0.6) is 5.75 Å². The molecule has 0 saturated heterocycles. The van der Waals surface area contributed by atoms with Gasteiger partial charge in [-0.2, -0.15) is 8.78 Å². The standard InChI is InChI=1S/C12H12F2O4/c1-7(15)4-8-2-3-9(6-11(16)17)10(5-8)18-12(13)14/h2-3,5,12H,4,6H2,1H3,(H,16,17). The molecule has 0 heterocycles. The Kier molecular flexibility index (Phi) is 4.76. The molecule has 1 aromatic rings. The second-order valence-electron chi connectivity index (χ2n) is 3.77. The number of carbonyl (C=O) groups is 2. The third-order valence-electron chi connectivity index (χ3n) is 2.14. The van der Waals surface area contributed by atoms with E-state index in [4.69, 9.17) is 5.11 Å². The first-order valence-electron chi connectivity index (χ1n) is 5.16. The smallest absolute Gasteiger partial charge is 0.387 e. The minimum Gasteiger partial charge on any atom is -0.481 e. The van der Waals surface area contributed by atoms with Crippen molar-refractivity contribution in [3.8, 4) is 5.75 Å². The van der Waals surface area contributed by atoms with Crippen LogP contribution in [0.1, 0.15) is 18.1 Å². The highest BCUT2D eigenvalue weighted by molar-refractivity contribution is 5.78. The van der Waals surface area contributed by atoms with E-state index in [1.165, 1.54) is 25.1 Å². The second-order valence-corrected chi connectivity index (χ2v) is 3.77. The monoisotopic (exact) mass is 258 g/mol. The molecule has 0 unspecified atom stereocenters. The van der Waals surface area contributed by atoms with Gasteiger partial charge in [-0.3, -0.25) is 9.59 Å². The van der Waals surface area contributed by atoms with Gasteiger partial charge in [0.05, 0.1) is 6.42 Å². The maximum Gasteiger partial charge on any atom is 0.387 e. The first kappa shape index (κ1) is 14.1. The van der Waals surface area contributed by atoms with E-state index in [1.54, 1.807) is 0 Å². The highest BCUT2D eigenvalue weighted by Gasteiger charge is 2.13. The summed E-state index contributed by atoms with van der Waals surface area (Å²) >= 11 is 0. The zero-order valence-corrected chi connectivity index (χ0v) is 9.65. The molecule has 0 radical (unpaired) electrons. The van der Waals surface area contributed by atoms with E-state index in [0.29, 0.717) is 5.56 Å². The molecule has 98 valence electrons. The molecule has 4 nitrogen and oxygen atoms in total. The van der Waals surface area contributed by atoms with Gasteiger partial charge in [0.2, 0.25) is 0 Å². The summed E-state index contributed by atoms with van der Waals surface area (Å²) < 4.78 is 28.7. The predicted octanol–water partition coefficient (Wildman–Crippen LogP) is 2.05. The maximum atomic E-state index is 12.2. The van der Waals surface area contributed by atoms with E-state index < -0.39 is 19.0 Å². The Bertz CT molecular complexity index is 457. The quantitative estimate of drug-likeness (QED) is 0.848. The zero-order valence-electron chi connectivity index (χ0n) is 9.65. The number of alkyl halides is 2. The van der Waals surface area contributed by atoms with Gasteiger partial charge in [0, 0.05) is 12.0 Å². The number of halogens is 2. The molecule has 0 bridgehead atoms. The minimum absolute atomic E-state index is 0.0902. The van der Waals surface area contributed by atoms with Gasteiger partial charge in [0.15, 0.2) is 0 Å². The van der Waals surface area contributed by atoms with Crippen LogP contribution >= 0.6 is 0 Å². The molecule has 18 heavy (non-hydrogen) atoms. The number of aliphatic carboxylic acids is 1. The van der Waals surface area contributed by atoms with Crippen molar-refractivity contribution in [2.45, 2.75) is 26.4 Å². The lowest BCUT2D eigenvalue weighted by atomic mass is 10.0. The number of ketones is 1. The van der Waals surface area contributed by atoms with Gasteiger partial charge >= 0.3 is 12.6 Å². The predicted molar refractivity (Wildman–Crippen MR) is 58.8 cm³/mol. The summed E-state index contributed by atoms with van der Waals surface area (Å²) in [5, 5.41) is 8.64. The Balaban J connectivity index is 3.03. The van der Waals surface area contributed by atoms with Crippen LogP contribution in [0.25, 0.3) is 0 Å². The van der Waals surface area contributed by atoms with Crippen LogP contribution < -0.4 is 4.74 Å².